The van der Waals surface area contributed by atoms with Crippen LogP contribution in [0.5, 0.6) is 0 Å². The lowest BCUT2D eigenvalue weighted by atomic mass is 10.1. The number of hydrogen-bond donors (Lipinski definition) is 1. The summed E-state index contributed by atoms with van der Waals surface area (Å²) in [5.41, 5.74) is 0. The van der Waals surface area contributed by atoms with Crippen LogP contribution in [0.25, 0.3) is 0 Å². The molecular weight excluding hydrogens is 244 g/mol. The molecule has 0 amide bonds. The molecule has 2 aliphatic rings. The third-order valence-corrected chi connectivity index (χ3v) is 5.78. The van der Waals surface area contributed by atoms with Crippen molar-refractivity contribution < 1.29 is 8.42 Å². The summed E-state index contributed by atoms with van der Waals surface area (Å²) >= 11 is 1.71. The Morgan fingerprint density at radius 1 is 1.50 bits per heavy atom. The van der Waals surface area contributed by atoms with Gasteiger partial charge >= 0.3 is 0 Å². The van der Waals surface area contributed by atoms with Gasteiger partial charge in [0.25, 0.3) is 0 Å². The van der Waals surface area contributed by atoms with Crippen LogP contribution in [0.1, 0.15) is 20.3 Å². The van der Waals surface area contributed by atoms with Crippen LogP contribution >= 0.6 is 11.8 Å². The highest BCUT2D eigenvalue weighted by atomic mass is 32.2. The molecule has 2 rings (SSSR count). The van der Waals surface area contributed by atoms with Gasteiger partial charge in [-0.2, -0.15) is 0 Å². The first-order chi connectivity index (χ1) is 7.46. The van der Waals surface area contributed by atoms with Crippen LogP contribution in [0.4, 0.5) is 0 Å². The number of amidine groups is 1. The molecule has 1 unspecified atom stereocenters. The normalized spacial score (nSPS) is 33.1. The number of aliphatic imine (C=N–C) groups is 1. The monoisotopic (exact) mass is 262 g/mol. The molecule has 0 radical (unpaired) electrons. The third kappa shape index (κ3) is 2.91. The van der Waals surface area contributed by atoms with Crippen LogP contribution in [0.2, 0.25) is 0 Å². The van der Waals surface area contributed by atoms with E-state index in [2.05, 4.69) is 24.2 Å². The van der Waals surface area contributed by atoms with Crippen molar-refractivity contribution in [1.29, 1.82) is 0 Å². The summed E-state index contributed by atoms with van der Waals surface area (Å²) in [5.74, 6) is 2.15. The Balaban J connectivity index is 1.90. The van der Waals surface area contributed by atoms with Crippen molar-refractivity contribution in [2.45, 2.75) is 32.4 Å². The van der Waals surface area contributed by atoms with Gasteiger partial charge in [-0.05, 0) is 12.3 Å². The van der Waals surface area contributed by atoms with E-state index in [9.17, 15) is 8.42 Å². The molecule has 2 aliphatic heterocycles. The lowest BCUT2D eigenvalue weighted by Gasteiger charge is -2.11. The van der Waals surface area contributed by atoms with Gasteiger partial charge in [-0.1, -0.05) is 25.6 Å². The molecule has 0 aromatic heterocycles. The van der Waals surface area contributed by atoms with Crippen molar-refractivity contribution in [3.63, 3.8) is 0 Å². The predicted molar refractivity (Wildman–Crippen MR) is 68.7 cm³/mol. The number of sulfone groups is 1. The van der Waals surface area contributed by atoms with Crippen molar-refractivity contribution in [3.05, 3.63) is 0 Å². The van der Waals surface area contributed by atoms with Crippen LogP contribution in [0, 0.1) is 5.92 Å². The highest BCUT2D eigenvalue weighted by molar-refractivity contribution is 8.14. The molecule has 6 heteroatoms. The van der Waals surface area contributed by atoms with Gasteiger partial charge in [0.15, 0.2) is 15.0 Å². The Bertz CT molecular complexity index is 390. The maximum atomic E-state index is 11.3. The van der Waals surface area contributed by atoms with E-state index < -0.39 is 9.84 Å². The summed E-state index contributed by atoms with van der Waals surface area (Å²) in [5, 5.41) is 4.18. The van der Waals surface area contributed by atoms with Gasteiger partial charge in [-0.3, -0.25) is 4.99 Å². The minimum absolute atomic E-state index is 0.0714. The second kappa shape index (κ2) is 4.56. The molecule has 2 heterocycles. The third-order valence-electron chi connectivity index (χ3n) is 3.00. The van der Waals surface area contributed by atoms with E-state index in [1.54, 1.807) is 11.8 Å². The van der Waals surface area contributed by atoms with Crippen molar-refractivity contribution in [3.8, 4) is 0 Å². The SMILES string of the molecule is CC(C)[C@H]1CSC(NC2CCS(=O)(=O)C2)=N1. The molecule has 4 nitrogen and oxygen atoms in total. The fourth-order valence-electron chi connectivity index (χ4n) is 1.89. The minimum Gasteiger partial charge on any atom is -0.361 e. The molecule has 92 valence electrons. The zero-order valence-electron chi connectivity index (χ0n) is 9.64. The summed E-state index contributed by atoms with van der Waals surface area (Å²) in [6.07, 6.45) is 0.717. The number of nitrogens with one attached hydrogen (secondary N) is 1. The van der Waals surface area contributed by atoms with E-state index in [0.717, 1.165) is 10.9 Å². The highest BCUT2D eigenvalue weighted by Gasteiger charge is 2.30. The van der Waals surface area contributed by atoms with Gasteiger partial charge in [0.2, 0.25) is 0 Å². The number of thioether (sulfide) groups is 1. The number of rotatable bonds is 2. The van der Waals surface area contributed by atoms with Crippen LogP contribution in [-0.4, -0.2) is 42.9 Å². The van der Waals surface area contributed by atoms with Crippen LogP contribution in [0.15, 0.2) is 4.99 Å². The Labute approximate surface area is 101 Å². The Hall–Kier alpha value is -0.230. The first-order valence-corrected chi connectivity index (χ1v) is 8.44. The largest absolute Gasteiger partial charge is 0.361 e. The van der Waals surface area contributed by atoms with E-state index in [-0.39, 0.29) is 11.8 Å². The van der Waals surface area contributed by atoms with Crippen molar-refractivity contribution >= 4 is 26.8 Å². The molecule has 1 fully saturated rings. The molecule has 0 spiro atoms. The fourth-order valence-corrected chi connectivity index (χ4v) is 4.81. The first kappa shape index (κ1) is 12.2. The average Bonchev–Trinajstić information content (AvgIpc) is 2.73. The maximum Gasteiger partial charge on any atom is 0.157 e. The van der Waals surface area contributed by atoms with Gasteiger partial charge in [-0.15, -0.1) is 0 Å². The van der Waals surface area contributed by atoms with E-state index >= 15 is 0 Å². The molecule has 0 bridgehead atoms. The summed E-state index contributed by atoms with van der Waals surface area (Å²) in [6, 6.07) is 0.452. The molecule has 0 aliphatic carbocycles. The second-order valence-corrected chi connectivity index (χ2v) is 8.04. The smallest absolute Gasteiger partial charge is 0.157 e. The predicted octanol–water partition coefficient (Wildman–Crippen LogP) is 0.890. The molecule has 0 saturated carbocycles. The first-order valence-electron chi connectivity index (χ1n) is 5.64. The summed E-state index contributed by atoms with van der Waals surface area (Å²) in [6.45, 7) is 4.33. The second-order valence-electron chi connectivity index (χ2n) is 4.80. The van der Waals surface area contributed by atoms with Crippen LogP contribution < -0.4 is 5.32 Å². The van der Waals surface area contributed by atoms with Crippen molar-refractivity contribution in [2.24, 2.45) is 10.9 Å². The van der Waals surface area contributed by atoms with Gasteiger partial charge in [0, 0.05) is 11.8 Å². The lowest BCUT2D eigenvalue weighted by molar-refractivity contribution is 0.541. The molecule has 1 saturated heterocycles. The van der Waals surface area contributed by atoms with Crippen LogP contribution in [0.3, 0.4) is 0 Å². The van der Waals surface area contributed by atoms with Crippen LogP contribution in [-0.2, 0) is 9.84 Å². The molecule has 0 aromatic rings. The van der Waals surface area contributed by atoms with Gasteiger partial charge in [0.1, 0.15) is 0 Å². The number of nitrogens with zero attached hydrogens (tertiary/aromatic N) is 1. The quantitative estimate of drug-likeness (QED) is 0.803. The van der Waals surface area contributed by atoms with Crippen molar-refractivity contribution in [2.75, 3.05) is 17.3 Å². The Kier molecular flexibility index (Phi) is 3.49. The van der Waals surface area contributed by atoms with E-state index in [1.165, 1.54) is 0 Å². The number of hydrogen-bond acceptors (Lipinski definition) is 5. The fraction of sp³-hybridized carbons (Fsp3) is 0.900. The summed E-state index contributed by atoms with van der Waals surface area (Å²) in [7, 11) is -2.79. The molecule has 16 heavy (non-hydrogen) atoms. The van der Waals surface area contributed by atoms with Crippen molar-refractivity contribution in [1.82, 2.24) is 5.32 Å². The molecule has 2 atom stereocenters. The molecule has 0 aromatic carbocycles. The summed E-state index contributed by atoms with van der Waals surface area (Å²) in [4.78, 5) is 4.57. The lowest BCUT2D eigenvalue weighted by Crippen LogP contribution is -2.33. The minimum atomic E-state index is -2.79. The topological polar surface area (TPSA) is 58.5 Å². The van der Waals surface area contributed by atoms with Gasteiger partial charge < -0.3 is 5.32 Å². The molecular formula is C10H18N2O2S2. The zero-order valence-corrected chi connectivity index (χ0v) is 11.3. The van der Waals surface area contributed by atoms with E-state index in [4.69, 9.17) is 0 Å². The van der Waals surface area contributed by atoms with E-state index in [0.29, 0.717) is 24.1 Å². The maximum absolute atomic E-state index is 11.3. The Morgan fingerprint density at radius 2 is 2.25 bits per heavy atom. The molecule has 1 N–H and O–H groups in total. The van der Waals surface area contributed by atoms with Gasteiger partial charge in [0.05, 0.1) is 17.5 Å². The highest BCUT2D eigenvalue weighted by Crippen LogP contribution is 2.23. The standard InChI is InChI=1S/C10H18N2O2S2/c1-7(2)9-5-15-10(12-9)11-8-3-4-16(13,14)6-8/h7-9H,3-6H2,1-2H3,(H,11,12)/t8?,9-/m1/s1. The average molecular weight is 262 g/mol. The Morgan fingerprint density at radius 3 is 2.75 bits per heavy atom. The zero-order chi connectivity index (χ0) is 11.8. The van der Waals surface area contributed by atoms with E-state index in [1.807, 2.05) is 0 Å². The summed E-state index contributed by atoms with van der Waals surface area (Å²) < 4.78 is 22.6. The van der Waals surface area contributed by atoms with Gasteiger partial charge in [-0.25, -0.2) is 8.42 Å².